The second kappa shape index (κ2) is 10.6. The predicted molar refractivity (Wildman–Crippen MR) is 115 cm³/mol. The highest BCUT2D eigenvalue weighted by atomic mass is 32.2. The molecule has 1 aromatic heterocycles. The molecular formula is C20H26N4O4S. The third-order valence-corrected chi connectivity index (χ3v) is 4.27. The van der Waals surface area contributed by atoms with Crippen molar-refractivity contribution >= 4 is 35.3 Å². The number of hydrogen-bond donors (Lipinski definition) is 1. The summed E-state index contributed by atoms with van der Waals surface area (Å²) in [5, 5.41) is 3.71. The highest BCUT2D eigenvalue weighted by molar-refractivity contribution is 7.98. The Morgan fingerprint density at radius 2 is 1.83 bits per heavy atom. The van der Waals surface area contributed by atoms with E-state index in [0.717, 1.165) is 0 Å². The summed E-state index contributed by atoms with van der Waals surface area (Å²) >= 11 is 1.38. The molecule has 0 amide bonds. The summed E-state index contributed by atoms with van der Waals surface area (Å²) in [7, 11) is 6.92. The van der Waals surface area contributed by atoms with E-state index in [-0.39, 0.29) is 12.2 Å². The van der Waals surface area contributed by atoms with E-state index in [1.807, 2.05) is 31.5 Å². The maximum absolute atomic E-state index is 12.7. The van der Waals surface area contributed by atoms with Crippen molar-refractivity contribution in [1.82, 2.24) is 14.9 Å². The Kier molecular flexibility index (Phi) is 8.14. The molecule has 1 N–H and O–H groups in total. The van der Waals surface area contributed by atoms with Crippen LogP contribution in [0.5, 0.6) is 11.5 Å². The van der Waals surface area contributed by atoms with E-state index < -0.39 is 5.97 Å². The fourth-order valence-electron chi connectivity index (χ4n) is 2.40. The summed E-state index contributed by atoms with van der Waals surface area (Å²) in [5.41, 5.74) is 1.37. The molecule has 1 heterocycles. The van der Waals surface area contributed by atoms with Gasteiger partial charge in [-0.05, 0) is 19.3 Å². The topological polar surface area (TPSA) is 85.8 Å². The molecule has 0 atom stereocenters. The molecule has 0 saturated carbocycles. The van der Waals surface area contributed by atoms with Crippen LogP contribution in [0.2, 0.25) is 0 Å². The standard InChI is InChI=1S/C20H26N4O4S/c1-7-28-19(25)17-16(8-9-24(2)3)22-20(29-6)23-18(17)21-13-10-14(26-4)12-15(11-13)27-5/h8-12H,7H2,1-6H3,(H,21,22,23). The van der Waals surface area contributed by atoms with Crippen molar-refractivity contribution in [3.05, 3.63) is 35.7 Å². The largest absolute Gasteiger partial charge is 0.497 e. The van der Waals surface area contributed by atoms with Crippen molar-refractivity contribution < 1.29 is 19.0 Å². The lowest BCUT2D eigenvalue weighted by atomic mass is 10.2. The number of esters is 1. The van der Waals surface area contributed by atoms with Gasteiger partial charge in [0.25, 0.3) is 0 Å². The Labute approximate surface area is 175 Å². The first kappa shape index (κ1) is 22.4. The van der Waals surface area contributed by atoms with Gasteiger partial charge in [0, 0.05) is 44.2 Å². The molecule has 0 fully saturated rings. The molecule has 0 bridgehead atoms. The lowest BCUT2D eigenvalue weighted by Crippen LogP contribution is -2.14. The fourth-order valence-corrected chi connectivity index (χ4v) is 2.77. The molecule has 156 valence electrons. The number of methoxy groups -OCH3 is 2. The number of nitrogens with one attached hydrogen (secondary N) is 1. The maximum Gasteiger partial charge on any atom is 0.344 e. The molecule has 0 aliphatic heterocycles. The summed E-state index contributed by atoms with van der Waals surface area (Å²) in [4.78, 5) is 23.6. The molecule has 0 aliphatic rings. The van der Waals surface area contributed by atoms with Gasteiger partial charge in [-0.2, -0.15) is 0 Å². The number of aromatic nitrogens is 2. The second-order valence-corrected chi connectivity index (χ2v) is 6.82. The monoisotopic (exact) mass is 418 g/mol. The minimum Gasteiger partial charge on any atom is -0.497 e. The molecule has 8 nitrogen and oxygen atoms in total. The minimum atomic E-state index is -0.504. The van der Waals surface area contributed by atoms with E-state index in [4.69, 9.17) is 14.2 Å². The third-order valence-electron chi connectivity index (χ3n) is 3.72. The van der Waals surface area contributed by atoms with Crippen molar-refractivity contribution in [2.24, 2.45) is 0 Å². The molecule has 2 aromatic rings. The average Bonchev–Trinajstić information content (AvgIpc) is 2.71. The summed E-state index contributed by atoms with van der Waals surface area (Å²) in [6.07, 6.45) is 5.44. The van der Waals surface area contributed by atoms with E-state index in [9.17, 15) is 4.79 Å². The molecule has 0 unspecified atom stereocenters. The van der Waals surface area contributed by atoms with Gasteiger partial charge in [0.05, 0.1) is 26.5 Å². The number of benzene rings is 1. The Balaban J connectivity index is 2.62. The van der Waals surface area contributed by atoms with Crippen molar-refractivity contribution in [3.8, 4) is 11.5 Å². The smallest absolute Gasteiger partial charge is 0.344 e. The van der Waals surface area contributed by atoms with Crippen molar-refractivity contribution in [2.45, 2.75) is 12.1 Å². The number of nitrogens with zero attached hydrogens (tertiary/aromatic N) is 3. The van der Waals surface area contributed by atoms with Crippen molar-refractivity contribution in [1.29, 1.82) is 0 Å². The van der Waals surface area contributed by atoms with Crippen LogP contribution in [0.15, 0.2) is 29.6 Å². The van der Waals surface area contributed by atoms with Gasteiger partial charge in [-0.3, -0.25) is 0 Å². The van der Waals surface area contributed by atoms with Gasteiger partial charge in [0.15, 0.2) is 5.16 Å². The van der Waals surface area contributed by atoms with E-state index >= 15 is 0 Å². The predicted octanol–water partition coefficient (Wildman–Crippen LogP) is 3.67. The van der Waals surface area contributed by atoms with Crippen molar-refractivity contribution in [3.63, 3.8) is 0 Å². The zero-order valence-corrected chi connectivity index (χ0v) is 18.3. The lowest BCUT2D eigenvalue weighted by molar-refractivity contribution is 0.0526. The Morgan fingerprint density at radius 1 is 1.17 bits per heavy atom. The van der Waals surface area contributed by atoms with E-state index in [0.29, 0.717) is 33.9 Å². The van der Waals surface area contributed by atoms with Gasteiger partial charge >= 0.3 is 5.97 Å². The third kappa shape index (κ3) is 6.02. The van der Waals surface area contributed by atoms with Gasteiger partial charge in [0.1, 0.15) is 22.9 Å². The van der Waals surface area contributed by atoms with Gasteiger partial charge in [-0.15, -0.1) is 0 Å². The Bertz CT molecular complexity index is 865. The molecule has 0 saturated heterocycles. The van der Waals surface area contributed by atoms with Crippen LogP contribution in [0.25, 0.3) is 6.08 Å². The number of hydrogen-bond acceptors (Lipinski definition) is 9. The minimum absolute atomic E-state index is 0.242. The molecule has 2 rings (SSSR count). The average molecular weight is 419 g/mol. The molecule has 9 heteroatoms. The van der Waals surface area contributed by atoms with Gasteiger partial charge in [-0.25, -0.2) is 14.8 Å². The first-order chi connectivity index (χ1) is 13.9. The lowest BCUT2D eigenvalue weighted by Gasteiger charge is -2.15. The number of anilines is 2. The first-order valence-electron chi connectivity index (χ1n) is 8.89. The van der Waals surface area contributed by atoms with Crippen molar-refractivity contribution in [2.75, 3.05) is 46.5 Å². The first-order valence-corrected chi connectivity index (χ1v) is 10.1. The quantitative estimate of drug-likeness (QED) is 0.372. The van der Waals surface area contributed by atoms with E-state index in [1.54, 1.807) is 45.4 Å². The van der Waals surface area contributed by atoms with Gasteiger partial charge < -0.3 is 24.4 Å². The number of rotatable bonds is 9. The molecule has 29 heavy (non-hydrogen) atoms. The van der Waals surface area contributed by atoms with Crippen LogP contribution >= 0.6 is 11.8 Å². The summed E-state index contributed by atoms with van der Waals surface area (Å²) in [6.45, 7) is 2.00. The van der Waals surface area contributed by atoms with Crippen LogP contribution in [0.1, 0.15) is 23.0 Å². The summed E-state index contributed by atoms with van der Waals surface area (Å²) < 4.78 is 15.9. The highest BCUT2D eigenvalue weighted by Crippen LogP contribution is 2.30. The maximum atomic E-state index is 12.7. The Morgan fingerprint density at radius 3 is 2.34 bits per heavy atom. The summed E-state index contributed by atoms with van der Waals surface area (Å²) in [5.74, 6) is 1.06. The van der Waals surface area contributed by atoms with Crippen LogP contribution in [0.3, 0.4) is 0 Å². The van der Waals surface area contributed by atoms with Gasteiger partial charge in [0.2, 0.25) is 0 Å². The number of thioether (sulfide) groups is 1. The van der Waals surface area contributed by atoms with Crippen LogP contribution in [0.4, 0.5) is 11.5 Å². The zero-order valence-electron chi connectivity index (χ0n) is 17.5. The SMILES string of the molecule is CCOC(=O)c1c(C=CN(C)C)nc(SC)nc1Nc1cc(OC)cc(OC)c1. The Hall–Kier alpha value is -2.94. The highest BCUT2D eigenvalue weighted by Gasteiger charge is 2.22. The summed E-state index contributed by atoms with van der Waals surface area (Å²) in [6, 6.07) is 5.33. The van der Waals surface area contributed by atoms with Crippen LogP contribution in [-0.2, 0) is 4.74 Å². The van der Waals surface area contributed by atoms with E-state index in [1.165, 1.54) is 11.8 Å². The molecule has 0 aliphatic carbocycles. The molecular weight excluding hydrogens is 392 g/mol. The fraction of sp³-hybridized carbons (Fsp3) is 0.350. The second-order valence-electron chi connectivity index (χ2n) is 6.05. The van der Waals surface area contributed by atoms with E-state index in [2.05, 4.69) is 15.3 Å². The number of carbonyl (C=O) groups excluding carboxylic acids is 1. The van der Waals surface area contributed by atoms with Crippen LogP contribution in [-0.4, -0.2) is 62.0 Å². The zero-order chi connectivity index (χ0) is 21.4. The normalized spacial score (nSPS) is 10.7. The molecule has 0 spiro atoms. The van der Waals surface area contributed by atoms with Crippen LogP contribution in [0, 0.1) is 0 Å². The number of ether oxygens (including phenoxy) is 3. The number of carbonyl (C=O) groups is 1. The molecule has 1 aromatic carbocycles. The molecule has 0 radical (unpaired) electrons. The van der Waals surface area contributed by atoms with Gasteiger partial charge in [-0.1, -0.05) is 11.8 Å². The van der Waals surface area contributed by atoms with Crippen LogP contribution < -0.4 is 14.8 Å².